The van der Waals surface area contributed by atoms with Crippen LogP contribution in [0.15, 0.2) is 52.8 Å². The van der Waals surface area contributed by atoms with Crippen LogP contribution in [0.3, 0.4) is 0 Å². The van der Waals surface area contributed by atoms with Crippen molar-refractivity contribution in [3.05, 3.63) is 59.2 Å². The highest BCUT2D eigenvalue weighted by Gasteiger charge is 2.32. The molecule has 0 bridgehead atoms. The van der Waals surface area contributed by atoms with Crippen LogP contribution in [-0.2, 0) is 11.2 Å². The number of amides is 2. The summed E-state index contributed by atoms with van der Waals surface area (Å²) in [5, 5.41) is 24.1. The van der Waals surface area contributed by atoms with Gasteiger partial charge in [0.2, 0.25) is 5.91 Å². The lowest BCUT2D eigenvalue weighted by atomic mass is 10.0. The number of alkyl halides is 3. The molecule has 13 heteroatoms. The number of hydrogen-bond acceptors (Lipinski definition) is 8. The van der Waals surface area contributed by atoms with Crippen molar-refractivity contribution in [2.75, 3.05) is 26.7 Å². The molecular weight excluding hydrogens is 493 g/mol. The molecule has 196 valence electrons. The lowest BCUT2D eigenvalue weighted by molar-refractivity contribution is -0.274. The van der Waals surface area contributed by atoms with Gasteiger partial charge in [-0.05, 0) is 29.7 Å². The van der Waals surface area contributed by atoms with E-state index in [2.05, 4.69) is 31.8 Å². The number of nitrogens with one attached hydrogen (secondary N) is 2. The second kappa shape index (κ2) is 12.1. The maximum absolute atomic E-state index is 12.6. The van der Waals surface area contributed by atoms with Gasteiger partial charge >= 0.3 is 6.36 Å². The minimum atomic E-state index is -4.87. The number of rotatable bonds is 10. The van der Waals surface area contributed by atoms with E-state index in [9.17, 15) is 28.0 Å². The molecule has 2 amide bonds. The third kappa shape index (κ3) is 7.57. The average molecular weight is 518 g/mol. The molecule has 0 radical (unpaired) electrons. The van der Waals surface area contributed by atoms with Crippen LogP contribution in [-0.4, -0.2) is 56.0 Å². The van der Waals surface area contributed by atoms with Crippen LogP contribution in [0.1, 0.15) is 34.5 Å². The van der Waals surface area contributed by atoms with Crippen LogP contribution in [0, 0.1) is 11.3 Å². The summed E-state index contributed by atoms with van der Waals surface area (Å²) >= 11 is 0. The van der Waals surface area contributed by atoms with Gasteiger partial charge in [0.05, 0.1) is 31.8 Å². The van der Waals surface area contributed by atoms with Crippen molar-refractivity contribution in [1.29, 1.82) is 5.26 Å². The number of nitrogens with zero attached hydrogens (tertiary/aromatic N) is 4. The van der Waals surface area contributed by atoms with Crippen LogP contribution in [0.2, 0.25) is 0 Å². The van der Waals surface area contributed by atoms with Crippen molar-refractivity contribution >= 4 is 11.8 Å². The van der Waals surface area contributed by atoms with Crippen molar-refractivity contribution < 1.29 is 32.2 Å². The van der Waals surface area contributed by atoms with Gasteiger partial charge in [0.1, 0.15) is 17.5 Å². The number of halogens is 3. The fraction of sp³-hybridized carbons (Fsp3) is 0.375. The highest BCUT2D eigenvalue weighted by Crippen LogP contribution is 2.29. The Labute approximate surface area is 211 Å². The second-order valence-corrected chi connectivity index (χ2v) is 7.96. The zero-order chi connectivity index (χ0) is 27.0. The molecule has 10 nitrogen and oxygen atoms in total. The first kappa shape index (κ1) is 27.3. The maximum atomic E-state index is 12.6. The number of benzene rings is 2. The monoisotopic (exact) mass is 518 g/mol. The molecular formula is C24H25F3N6O4. The lowest BCUT2D eigenvalue weighted by Gasteiger charge is -2.17. The Hall–Kier alpha value is -4.34. The van der Waals surface area contributed by atoms with Gasteiger partial charge < -0.3 is 20.1 Å². The quantitative estimate of drug-likeness (QED) is 0.497. The summed E-state index contributed by atoms with van der Waals surface area (Å²) in [6, 6.07) is 10.9. The first-order valence-corrected chi connectivity index (χ1v) is 11.3. The number of carbonyl (C=O) groups is 2. The van der Waals surface area contributed by atoms with Gasteiger partial charge in [-0.15, -0.1) is 13.2 Å². The van der Waals surface area contributed by atoms with Gasteiger partial charge in [-0.3, -0.25) is 14.6 Å². The van der Waals surface area contributed by atoms with E-state index >= 15 is 0 Å². The first-order chi connectivity index (χ1) is 17.6. The molecule has 1 heterocycles. The van der Waals surface area contributed by atoms with Crippen molar-refractivity contribution in [2.45, 2.75) is 31.8 Å². The lowest BCUT2D eigenvalue weighted by Crippen LogP contribution is -2.40. The summed E-state index contributed by atoms with van der Waals surface area (Å²) in [6.07, 6.45) is -4.01. The van der Waals surface area contributed by atoms with E-state index in [4.69, 9.17) is 4.74 Å². The van der Waals surface area contributed by atoms with E-state index in [-0.39, 0.29) is 30.9 Å². The van der Waals surface area contributed by atoms with Crippen molar-refractivity contribution in [3.8, 4) is 17.6 Å². The second-order valence-electron chi connectivity index (χ2n) is 7.96. The van der Waals surface area contributed by atoms with E-state index < -0.39 is 36.0 Å². The van der Waals surface area contributed by atoms with Gasteiger partial charge in [0, 0.05) is 12.6 Å². The van der Waals surface area contributed by atoms with Crippen molar-refractivity contribution in [3.63, 3.8) is 0 Å². The number of hydrogen-bond donors (Lipinski definition) is 2. The summed E-state index contributed by atoms with van der Waals surface area (Å²) in [4.78, 5) is 25.1. The number of methoxy groups -OCH3 is 1. The van der Waals surface area contributed by atoms with Gasteiger partial charge in [0.15, 0.2) is 6.04 Å². The largest absolute Gasteiger partial charge is 0.573 e. The Morgan fingerprint density at radius 1 is 1.24 bits per heavy atom. The number of ether oxygens (including phenoxy) is 2. The summed E-state index contributed by atoms with van der Waals surface area (Å²) in [7, 11) is 1.22. The smallest absolute Gasteiger partial charge is 0.496 e. The van der Waals surface area contributed by atoms with Crippen LogP contribution in [0.5, 0.6) is 11.5 Å². The maximum Gasteiger partial charge on any atom is 0.573 e. The Balaban J connectivity index is 1.48. The van der Waals surface area contributed by atoms with Gasteiger partial charge in [-0.25, -0.2) is 0 Å². The number of aryl methyl sites for hydroxylation is 1. The molecule has 0 saturated carbocycles. The average Bonchev–Trinajstić information content (AvgIpc) is 3.35. The number of nitriles is 1. The van der Waals surface area contributed by atoms with Gasteiger partial charge in [0.25, 0.3) is 5.91 Å². The molecule has 2 atom stereocenters. The minimum Gasteiger partial charge on any atom is -0.496 e. The molecule has 2 aromatic rings. The predicted octanol–water partition coefficient (Wildman–Crippen LogP) is 3.32. The standard InChI is InChI=1S/C24H25F3N6O4/c1-3-15-4-6-16(7-5-15)19(13-28)30-23(35)20-14-33(32-31-20)11-10-29-22(34)18-9-8-17(12-21(18)36-2)37-24(25,26)27/h4-9,12,19-20H,3,10-11,14H2,1-2H3,(H,29,34)(H,30,35). The molecule has 37 heavy (non-hydrogen) atoms. The van der Waals surface area contributed by atoms with E-state index in [1.54, 1.807) is 12.1 Å². The zero-order valence-electron chi connectivity index (χ0n) is 20.1. The normalized spacial score (nSPS) is 15.6. The van der Waals surface area contributed by atoms with E-state index in [0.29, 0.717) is 5.56 Å². The third-order valence-electron chi connectivity index (χ3n) is 5.45. The summed E-state index contributed by atoms with van der Waals surface area (Å²) < 4.78 is 46.1. The molecule has 1 aliphatic rings. The summed E-state index contributed by atoms with van der Waals surface area (Å²) in [6.45, 7) is 2.50. The molecule has 0 saturated heterocycles. The van der Waals surface area contributed by atoms with Crippen LogP contribution >= 0.6 is 0 Å². The van der Waals surface area contributed by atoms with E-state index in [1.165, 1.54) is 12.1 Å². The molecule has 2 unspecified atom stereocenters. The molecule has 1 aliphatic heterocycles. The molecule has 0 spiro atoms. The van der Waals surface area contributed by atoms with E-state index in [1.807, 2.05) is 19.1 Å². The third-order valence-corrected chi connectivity index (χ3v) is 5.45. The van der Waals surface area contributed by atoms with Crippen molar-refractivity contribution in [2.24, 2.45) is 10.3 Å². The molecule has 2 N–H and O–H groups in total. The first-order valence-electron chi connectivity index (χ1n) is 11.3. The SMILES string of the molecule is CCc1ccc(C(C#N)NC(=O)C2CN(CCNC(=O)c3ccc(OC(F)(F)F)cc3OC)N=N2)cc1. The van der Waals surface area contributed by atoms with Crippen LogP contribution in [0.4, 0.5) is 13.2 Å². The van der Waals surface area contributed by atoms with Gasteiger partial charge in [-0.1, -0.05) is 36.4 Å². The topological polar surface area (TPSA) is 128 Å². The molecule has 0 aromatic heterocycles. The Morgan fingerprint density at radius 2 is 1.97 bits per heavy atom. The summed E-state index contributed by atoms with van der Waals surface area (Å²) in [5.41, 5.74) is 1.80. The Bertz CT molecular complexity index is 1180. The Morgan fingerprint density at radius 3 is 2.59 bits per heavy atom. The molecule has 3 rings (SSSR count). The molecule has 0 aliphatic carbocycles. The zero-order valence-corrected chi connectivity index (χ0v) is 20.1. The minimum absolute atomic E-state index is 0.0202. The molecule has 2 aromatic carbocycles. The van der Waals surface area contributed by atoms with Gasteiger partial charge in [-0.2, -0.15) is 10.4 Å². The van der Waals surface area contributed by atoms with Crippen LogP contribution in [0.25, 0.3) is 0 Å². The fourth-order valence-corrected chi connectivity index (χ4v) is 3.50. The molecule has 0 fully saturated rings. The highest BCUT2D eigenvalue weighted by molar-refractivity contribution is 5.97. The highest BCUT2D eigenvalue weighted by atomic mass is 19.4. The fourth-order valence-electron chi connectivity index (χ4n) is 3.50. The van der Waals surface area contributed by atoms with Crippen molar-refractivity contribution in [1.82, 2.24) is 15.6 Å². The van der Waals surface area contributed by atoms with Crippen LogP contribution < -0.4 is 20.1 Å². The van der Waals surface area contributed by atoms with E-state index in [0.717, 1.165) is 30.2 Å². The number of carbonyl (C=O) groups excluding carboxylic acids is 2. The summed E-state index contributed by atoms with van der Waals surface area (Å²) in [5.74, 6) is -1.63. The Kier molecular flexibility index (Phi) is 8.89. The predicted molar refractivity (Wildman–Crippen MR) is 125 cm³/mol.